The molecule has 2 aromatic rings. The van der Waals surface area contributed by atoms with Crippen LogP contribution in [0.25, 0.3) is 11.1 Å². The SMILES string of the molecule is C/C(=C/CNC(=O)C(CC(C)C)NC(=O)OCC1c2ccccc2-c2ccccc21)C(=O)O. The molecule has 0 spiro atoms. The third-order valence-electron chi connectivity index (χ3n) is 5.68. The van der Waals surface area contributed by atoms with E-state index >= 15 is 0 Å². The maximum Gasteiger partial charge on any atom is 0.407 e. The molecule has 0 heterocycles. The van der Waals surface area contributed by atoms with E-state index < -0.39 is 18.1 Å². The Hall–Kier alpha value is -3.61. The van der Waals surface area contributed by atoms with Crippen molar-refractivity contribution in [1.29, 1.82) is 0 Å². The van der Waals surface area contributed by atoms with Gasteiger partial charge in [-0.2, -0.15) is 0 Å². The van der Waals surface area contributed by atoms with E-state index in [0.29, 0.717) is 6.42 Å². The van der Waals surface area contributed by atoms with Crippen molar-refractivity contribution in [3.05, 3.63) is 71.3 Å². The fraction of sp³-hybridized carbons (Fsp3) is 0.346. The number of rotatable bonds is 9. The summed E-state index contributed by atoms with van der Waals surface area (Å²) in [4.78, 5) is 36.1. The third kappa shape index (κ3) is 6.00. The summed E-state index contributed by atoms with van der Waals surface area (Å²) >= 11 is 0. The molecular weight excluding hydrogens is 420 g/mol. The van der Waals surface area contributed by atoms with E-state index in [-0.39, 0.29) is 36.5 Å². The standard InChI is InChI=1S/C26H30N2O5/c1-16(2)14-23(24(29)27-13-12-17(3)25(30)31)28-26(32)33-15-22-20-10-6-4-8-18(20)19-9-5-7-11-21(19)22/h4-12,16,22-23H,13-15H2,1-3H3,(H,27,29)(H,28,32)(H,30,31)/b17-12-. The van der Waals surface area contributed by atoms with Crippen molar-refractivity contribution in [2.75, 3.05) is 13.2 Å². The van der Waals surface area contributed by atoms with Gasteiger partial charge in [-0.05, 0) is 41.5 Å². The van der Waals surface area contributed by atoms with E-state index in [1.807, 2.05) is 50.2 Å². The highest BCUT2D eigenvalue weighted by molar-refractivity contribution is 5.87. The highest BCUT2D eigenvalue weighted by Crippen LogP contribution is 2.44. The molecule has 3 rings (SSSR count). The molecule has 3 N–H and O–H groups in total. The molecule has 1 aliphatic carbocycles. The van der Waals surface area contributed by atoms with E-state index in [9.17, 15) is 14.4 Å². The van der Waals surface area contributed by atoms with Crippen LogP contribution in [0.4, 0.5) is 4.79 Å². The number of carboxylic acid groups (broad SMARTS) is 1. The highest BCUT2D eigenvalue weighted by Gasteiger charge is 2.29. The van der Waals surface area contributed by atoms with Gasteiger partial charge in [0.05, 0.1) is 0 Å². The van der Waals surface area contributed by atoms with Crippen LogP contribution in [0.5, 0.6) is 0 Å². The zero-order valence-electron chi connectivity index (χ0n) is 19.1. The molecule has 0 fully saturated rings. The molecule has 0 saturated carbocycles. The maximum absolute atomic E-state index is 12.6. The Kier molecular flexibility index (Phi) is 7.87. The molecule has 1 atom stereocenters. The largest absolute Gasteiger partial charge is 0.478 e. The second-order valence-electron chi connectivity index (χ2n) is 8.59. The van der Waals surface area contributed by atoms with Crippen molar-refractivity contribution in [3.63, 3.8) is 0 Å². The fourth-order valence-electron chi connectivity index (χ4n) is 4.00. The number of hydrogen-bond donors (Lipinski definition) is 3. The van der Waals surface area contributed by atoms with Crippen LogP contribution in [-0.4, -0.2) is 42.3 Å². The van der Waals surface area contributed by atoms with E-state index in [1.54, 1.807) is 0 Å². The normalized spacial score (nSPS) is 13.8. The molecule has 0 aromatic heterocycles. The number of benzene rings is 2. The molecule has 7 nitrogen and oxygen atoms in total. The number of carboxylic acids is 1. The number of hydrogen-bond acceptors (Lipinski definition) is 4. The van der Waals surface area contributed by atoms with Gasteiger partial charge in [0.15, 0.2) is 0 Å². The molecular formula is C26H30N2O5. The number of amides is 2. The number of aliphatic carboxylic acids is 1. The van der Waals surface area contributed by atoms with Crippen LogP contribution in [0, 0.1) is 5.92 Å². The smallest absolute Gasteiger partial charge is 0.407 e. The number of carbonyl (C=O) groups excluding carboxylic acids is 2. The summed E-state index contributed by atoms with van der Waals surface area (Å²) in [7, 11) is 0. The van der Waals surface area contributed by atoms with Crippen LogP contribution in [-0.2, 0) is 14.3 Å². The van der Waals surface area contributed by atoms with Gasteiger partial charge >= 0.3 is 12.1 Å². The van der Waals surface area contributed by atoms with Gasteiger partial charge in [0.2, 0.25) is 5.91 Å². The zero-order valence-corrected chi connectivity index (χ0v) is 19.1. The van der Waals surface area contributed by atoms with Gasteiger partial charge in [0, 0.05) is 18.0 Å². The fourth-order valence-corrected chi connectivity index (χ4v) is 4.00. The van der Waals surface area contributed by atoms with Gasteiger partial charge in [0.25, 0.3) is 0 Å². The summed E-state index contributed by atoms with van der Waals surface area (Å²) in [6, 6.07) is 15.4. The molecule has 0 aliphatic heterocycles. The van der Waals surface area contributed by atoms with Gasteiger partial charge < -0.3 is 20.5 Å². The van der Waals surface area contributed by atoms with Crippen LogP contribution >= 0.6 is 0 Å². The van der Waals surface area contributed by atoms with E-state index in [2.05, 4.69) is 22.8 Å². The number of nitrogens with one attached hydrogen (secondary N) is 2. The van der Waals surface area contributed by atoms with Crippen molar-refractivity contribution in [1.82, 2.24) is 10.6 Å². The minimum absolute atomic E-state index is 0.0651. The summed E-state index contributed by atoms with van der Waals surface area (Å²) in [6.45, 7) is 5.59. The Morgan fingerprint density at radius 3 is 2.15 bits per heavy atom. The summed E-state index contributed by atoms with van der Waals surface area (Å²) in [5.41, 5.74) is 4.65. The first-order valence-electron chi connectivity index (χ1n) is 11.1. The first-order valence-corrected chi connectivity index (χ1v) is 11.1. The van der Waals surface area contributed by atoms with Crippen LogP contribution in [0.3, 0.4) is 0 Å². The van der Waals surface area contributed by atoms with Gasteiger partial charge in [-0.25, -0.2) is 9.59 Å². The van der Waals surface area contributed by atoms with Crippen LogP contribution in [0.1, 0.15) is 44.2 Å². The third-order valence-corrected chi connectivity index (χ3v) is 5.68. The number of fused-ring (bicyclic) bond motifs is 3. The van der Waals surface area contributed by atoms with Crippen molar-refractivity contribution in [2.24, 2.45) is 5.92 Å². The molecule has 2 amide bonds. The Labute approximate surface area is 193 Å². The van der Waals surface area contributed by atoms with Crippen LogP contribution in [0.15, 0.2) is 60.2 Å². The topological polar surface area (TPSA) is 105 Å². The lowest BCUT2D eigenvalue weighted by Gasteiger charge is -2.21. The average Bonchev–Trinajstić information content (AvgIpc) is 3.10. The number of alkyl carbamates (subject to hydrolysis) is 1. The molecule has 7 heteroatoms. The van der Waals surface area contributed by atoms with E-state index in [4.69, 9.17) is 9.84 Å². The van der Waals surface area contributed by atoms with Crippen molar-refractivity contribution in [3.8, 4) is 11.1 Å². The van der Waals surface area contributed by atoms with Crippen LogP contribution in [0.2, 0.25) is 0 Å². The monoisotopic (exact) mass is 450 g/mol. The van der Waals surface area contributed by atoms with Crippen molar-refractivity contribution in [2.45, 2.75) is 39.2 Å². The van der Waals surface area contributed by atoms with Gasteiger partial charge in [-0.3, -0.25) is 4.79 Å². The predicted molar refractivity (Wildman–Crippen MR) is 126 cm³/mol. The van der Waals surface area contributed by atoms with Gasteiger partial charge in [-0.1, -0.05) is 68.5 Å². The number of carbonyl (C=O) groups is 3. The Balaban J connectivity index is 1.62. The lowest BCUT2D eigenvalue weighted by molar-refractivity contribution is -0.132. The second kappa shape index (κ2) is 10.8. The summed E-state index contributed by atoms with van der Waals surface area (Å²) in [6.07, 6.45) is 1.19. The van der Waals surface area contributed by atoms with Gasteiger partial charge in [0.1, 0.15) is 12.6 Å². The molecule has 174 valence electrons. The summed E-state index contributed by atoms with van der Waals surface area (Å²) in [5.74, 6) is -1.33. The Bertz CT molecular complexity index is 1010. The highest BCUT2D eigenvalue weighted by atomic mass is 16.5. The number of ether oxygens (including phenoxy) is 1. The zero-order chi connectivity index (χ0) is 24.0. The predicted octanol–water partition coefficient (Wildman–Crippen LogP) is 4.09. The minimum Gasteiger partial charge on any atom is -0.478 e. The molecule has 0 bridgehead atoms. The van der Waals surface area contributed by atoms with Crippen LogP contribution < -0.4 is 10.6 Å². The maximum atomic E-state index is 12.6. The lowest BCUT2D eigenvalue weighted by Crippen LogP contribution is -2.47. The average molecular weight is 451 g/mol. The minimum atomic E-state index is -1.04. The molecule has 0 saturated heterocycles. The molecule has 0 radical (unpaired) electrons. The molecule has 2 aromatic carbocycles. The summed E-state index contributed by atoms with van der Waals surface area (Å²) in [5, 5.41) is 14.2. The first-order chi connectivity index (χ1) is 15.8. The Morgan fingerprint density at radius 1 is 1.03 bits per heavy atom. The van der Waals surface area contributed by atoms with E-state index in [1.165, 1.54) is 13.0 Å². The van der Waals surface area contributed by atoms with Crippen molar-refractivity contribution >= 4 is 18.0 Å². The summed E-state index contributed by atoms with van der Waals surface area (Å²) < 4.78 is 5.56. The second-order valence-corrected chi connectivity index (χ2v) is 8.59. The molecule has 1 unspecified atom stereocenters. The first kappa shape index (κ1) is 24.0. The quantitative estimate of drug-likeness (QED) is 0.499. The Morgan fingerprint density at radius 2 is 1.61 bits per heavy atom. The lowest BCUT2D eigenvalue weighted by atomic mass is 9.98. The van der Waals surface area contributed by atoms with Crippen molar-refractivity contribution < 1.29 is 24.2 Å². The molecule has 33 heavy (non-hydrogen) atoms. The van der Waals surface area contributed by atoms with E-state index in [0.717, 1.165) is 22.3 Å². The van der Waals surface area contributed by atoms with Gasteiger partial charge in [-0.15, -0.1) is 0 Å². The molecule has 1 aliphatic rings.